The highest BCUT2D eigenvalue weighted by molar-refractivity contribution is 5.69. The van der Waals surface area contributed by atoms with Gasteiger partial charge in [0.2, 0.25) is 0 Å². The normalized spacial score (nSPS) is 24.4. The quantitative estimate of drug-likeness (QED) is 0.624. The average Bonchev–Trinajstić information content (AvgIpc) is 2.44. The molecule has 4 rings (SSSR count). The predicted octanol–water partition coefficient (Wildman–Crippen LogP) is 1.12. The number of hydrogen-bond donors (Lipinski definition) is 4. The minimum Gasteiger partial charge on any atom is -0.507 e. The van der Waals surface area contributed by atoms with Gasteiger partial charge >= 0.3 is 0 Å². The third kappa shape index (κ3) is 2.63. The topological polar surface area (TPSA) is 102 Å². The minimum absolute atomic E-state index is 0.155. The van der Waals surface area contributed by atoms with E-state index < -0.39 is 0 Å². The summed E-state index contributed by atoms with van der Waals surface area (Å²) in [5.74, 6) is 1.92. The van der Waals surface area contributed by atoms with Gasteiger partial charge in [-0.3, -0.25) is 0 Å². The van der Waals surface area contributed by atoms with Crippen LogP contribution in [0.2, 0.25) is 0 Å². The molecule has 3 aliphatic rings. The van der Waals surface area contributed by atoms with Crippen LogP contribution in [0.3, 0.4) is 0 Å². The van der Waals surface area contributed by atoms with Gasteiger partial charge in [0.25, 0.3) is 0 Å². The molecular formula is C16H22N4O. The van der Waals surface area contributed by atoms with Crippen molar-refractivity contribution in [3.05, 3.63) is 47.4 Å². The zero-order chi connectivity index (χ0) is 15.0. The number of allylic oxidation sites excluding steroid dienone is 1. The van der Waals surface area contributed by atoms with E-state index in [1.54, 1.807) is 24.3 Å². The van der Waals surface area contributed by atoms with Gasteiger partial charge in [0.05, 0.1) is 5.70 Å². The summed E-state index contributed by atoms with van der Waals surface area (Å²) in [5.41, 5.74) is 19.6. The first-order valence-electron chi connectivity index (χ1n) is 7.30. The number of aromatic hydroxyl groups is 1. The molecule has 1 aromatic rings. The standard InChI is InChI=1S/C16H22N4O/c17-13(12-3-1-2-4-15(12)21)7-14(16(18)19)20-8-10-5-11(6-10)9-20/h1-4,7,10-11,21H,5-6,8-9,17-19H2/b13-7-. The minimum atomic E-state index is 0.155. The van der Waals surface area contributed by atoms with Crippen LogP contribution in [0, 0.1) is 11.8 Å². The Morgan fingerprint density at radius 2 is 1.71 bits per heavy atom. The molecule has 0 unspecified atom stereocenters. The lowest BCUT2D eigenvalue weighted by Crippen LogP contribution is -2.48. The van der Waals surface area contributed by atoms with Gasteiger partial charge in [0.1, 0.15) is 11.6 Å². The highest BCUT2D eigenvalue weighted by Crippen LogP contribution is 2.41. The Balaban J connectivity index is 1.87. The lowest BCUT2D eigenvalue weighted by Gasteiger charge is -2.48. The van der Waals surface area contributed by atoms with Crippen LogP contribution in [-0.2, 0) is 0 Å². The Labute approximate surface area is 124 Å². The Morgan fingerprint density at radius 1 is 1.10 bits per heavy atom. The van der Waals surface area contributed by atoms with E-state index >= 15 is 0 Å². The summed E-state index contributed by atoms with van der Waals surface area (Å²) < 4.78 is 0. The van der Waals surface area contributed by atoms with E-state index in [0.717, 1.165) is 30.6 Å². The van der Waals surface area contributed by atoms with Crippen molar-refractivity contribution in [2.45, 2.75) is 12.8 Å². The molecule has 0 amide bonds. The second-order valence-corrected chi connectivity index (χ2v) is 6.07. The number of para-hydroxylation sites is 1. The van der Waals surface area contributed by atoms with Crippen molar-refractivity contribution < 1.29 is 5.11 Å². The average molecular weight is 286 g/mol. The molecule has 2 heterocycles. The maximum absolute atomic E-state index is 9.88. The number of rotatable bonds is 3. The summed E-state index contributed by atoms with van der Waals surface area (Å²) in [4.78, 5) is 2.21. The Hall–Kier alpha value is -2.30. The van der Waals surface area contributed by atoms with Crippen molar-refractivity contribution in [2.24, 2.45) is 29.0 Å². The smallest absolute Gasteiger partial charge is 0.124 e. The third-order valence-electron chi connectivity index (χ3n) is 4.43. The lowest BCUT2D eigenvalue weighted by atomic mass is 9.71. The Bertz CT molecular complexity index is 588. The summed E-state index contributed by atoms with van der Waals surface area (Å²) >= 11 is 0. The summed E-state index contributed by atoms with van der Waals surface area (Å²) in [7, 11) is 0. The number of piperidine rings is 2. The van der Waals surface area contributed by atoms with Gasteiger partial charge in [0, 0.05) is 24.4 Å². The van der Waals surface area contributed by atoms with Crippen LogP contribution < -0.4 is 17.2 Å². The number of hydrogen-bond acceptors (Lipinski definition) is 5. The van der Waals surface area contributed by atoms with Crippen LogP contribution in [0.15, 0.2) is 41.9 Å². The fraction of sp³-hybridized carbons (Fsp3) is 0.375. The summed E-state index contributed by atoms with van der Waals surface area (Å²) in [6.07, 6.45) is 4.40. The number of nitrogens with two attached hydrogens (primary N) is 3. The molecule has 3 fully saturated rings. The summed E-state index contributed by atoms with van der Waals surface area (Å²) in [6, 6.07) is 6.99. The molecule has 7 N–H and O–H groups in total. The van der Waals surface area contributed by atoms with Gasteiger partial charge in [0.15, 0.2) is 0 Å². The number of benzene rings is 1. The monoisotopic (exact) mass is 286 g/mol. The van der Waals surface area contributed by atoms with Crippen molar-refractivity contribution in [3.63, 3.8) is 0 Å². The van der Waals surface area contributed by atoms with Crippen molar-refractivity contribution in [2.75, 3.05) is 13.1 Å². The molecule has 0 radical (unpaired) electrons. The molecule has 0 aromatic heterocycles. The Kier molecular flexibility index (Phi) is 3.41. The van der Waals surface area contributed by atoms with Crippen LogP contribution in [0.5, 0.6) is 5.75 Å². The largest absolute Gasteiger partial charge is 0.507 e. The molecule has 1 saturated carbocycles. The second-order valence-electron chi connectivity index (χ2n) is 6.07. The van der Waals surface area contributed by atoms with E-state index in [2.05, 4.69) is 4.90 Å². The third-order valence-corrected chi connectivity index (χ3v) is 4.43. The van der Waals surface area contributed by atoms with Gasteiger partial charge in [-0.25, -0.2) is 0 Å². The van der Waals surface area contributed by atoms with Crippen molar-refractivity contribution in [1.29, 1.82) is 0 Å². The number of phenolic OH excluding ortho intramolecular Hbond substituents is 1. The first-order chi connectivity index (χ1) is 10.0. The molecule has 2 aliphatic heterocycles. The first kappa shape index (κ1) is 13.7. The molecule has 2 saturated heterocycles. The maximum Gasteiger partial charge on any atom is 0.124 e. The second kappa shape index (κ2) is 5.24. The molecule has 112 valence electrons. The SMILES string of the molecule is NC(N)=C(/C=C(\N)c1ccccc1O)N1CC2CC(C2)C1. The number of phenols is 1. The number of fused-ring (bicyclic) bond motifs is 2. The lowest BCUT2D eigenvalue weighted by molar-refractivity contribution is 0.0507. The van der Waals surface area contributed by atoms with E-state index in [0.29, 0.717) is 11.3 Å². The summed E-state index contributed by atoms with van der Waals surface area (Å²) in [5, 5.41) is 9.88. The van der Waals surface area contributed by atoms with Crippen molar-refractivity contribution in [1.82, 2.24) is 4.90 Å². The zero-order valence-corrected chi connectivity index (χ0v) is 12.0. The van der Waals surface area contributed by atoms with Crippen molar-refractivity contribution >= 4 is 5.70 Å². The van der Waals surface area contributed by atoms with Crippen LogP contribution in [0.25, 0.3) is 5.70 Å². The molecular weight excluding hydrogens is 264 g/mol. The van der Waals surface area contributed by atoms with E-state index in [-0.39, 0.29) is 11.6 Å². The van der Waals surface area contributed by atoms with Gasteiger partial charge in [-0.05, 0) is 42.9 Å². The molecule has 1 aromatic carbocycles. The molecule has 2 bridgehead atoms. The fourth-order valence-corrected chi connectivity index (χ4v) is 3.37. The van der Waals surface area contributed by atoms with E-state index in [9.17, 15) is 5.11 Å². The van der Waals surface area contributed by atoms with Gasteiger partial charge in [-0.15, -0.1) is 0 Å². The fourth-order valence-electron chi connectivity index (χ4n) is 3.37. The van der Waals surface area contributed by atoms with Gasteiger partial charge in [-0.2, -0.15) is 0 Å². The highest BCUT2D eigenvalue weighted by Gasteiger charge is 2.37. The van der Waals surface area contributed by atoms with Crippen LogP contribution in [-0.4, -0.2) is 23.1 Å². The maximum atomic E-state index is 9.88. The molecule has 21 heavy (non-hydrogen) atoms. The Morgan fingerprint density at radius 3 is 2.29 bits per heavy atom. The van der Waals surface area contributed by atoms with Crippen LogP contribution >= 0.6 is 0 Å². The van der Waals surface area contributed by atoms with Crippen LogP contribution in [0.1, 0.15) is 18.4 Å². The summed E-state index contributed by atoms with van der Waals surface area (Å²) in [6.45, 7) is 1.96. The molecule has 5 nitrogen and oxygen atoms in total. The van der Waals surface area contributed by atoms with E-state index in [1.807, 2.05) is 6.07 Å². The van der Waals surface area contributed by atoms with Gasteiger partial charge < -0.3 is 27.2 Å². The van der Waals surface area contributed by atoms with E-state index in [1.165, 1.54) is 12.8 Å². The predicted molar refractivity (Wildman–Crippen MR) is 83.5 cm³/mol. The molecule has 0 atom stereocenters. The molecule has 1 aliphatic carbocycles. The first-order valence-corrected chi connectivity index (χ1v) is 7.30. The molecule has 5 heteroatoms. The molecule has 0 spiro atoms. The highest BCUT2D eigenvalue weighted by atomic mass is 16.3. The zero-order valence-electron chi connectivity index (χ0n) is 12.0. The number of nitrogens with zero attached hydrogens (tertiary/aromatic N) is 1. The van der Waals surface area contributed by atoms with Crippen molar-refractivity contribution in [3.8, 4) is 5.75 Å². The van der Waals surface area contributed by atoms with E-state index in [4.69, 9.17) is 17.2 Å². The van der Waals surface area contributed by atoms with Gasteiger partial charge in [-0.1, -0.05) is 12.1 Å². The van der Waals surface area contributed by atoms with Crippen LogP contribution in [0.4, 0.5) is 0 Å².